The number of benzene rings is 3. The third kappa shape index (κ3) is 6.42. The van der Waals surface area contributed by atoms with E-state index in [0.717, 1.165) is 18.4 Å². The first-order chi connectivity index (χ1) is 14.7. The summed E-state index contributed by atoms with van der Waals surface area (Å²) in [5, 5.41) is 6.30. The molecule has 0 aliphatic rings. The standard InChI is InChI=1S/C25H26N2O2S/c1-2-23(20-12-7-4-8-13-20)26-25(30)27-24(28)21-14-9-15-22(18-21)29-17-16-19-10-5-3-6-11-19/h3-15,18,23H,2,16-17H2,1H3,(H2,26,27,28,30). The maximum atomic E-state index is 12.6. The van der Waals surface area contributed by atoms with E-state index < -0.39 is 0 Å². The summed E-state index contributed by atoms with van der Waals surface area (Å²) in [5.74, 6) is 0.400. The quantitative estimate of drug-likeness (QED) is 0.502. The third-order valence-corrected chi connectivity index (χ3v) is 4.96. The van der Waals surface area contributed by atoms with Gasteiger partial charge in [-0.15, -0.1) is 0 Å². The highest BCUT2D eigenvalue weighted by molar-refractivity contribution is 7.80. The van der Waals surface area contributed by atoms with Crippen LogP contribution in [0.4, 0.5) is 0 Å². The highest BCUT2D eigenvalue weighted by atomic mass is 32.1. The molecule has 3 aromatic rings. The number of hydrogen-bond acceptors (Lipinski definition) is 3. The number of hydrogen-bond donors (Lipinski definition) is 2. The molecule has 1 atom stereocenters. The van der Waals surface area contributed by atoms with Crippen molar-refractivity contribution in [2.75, 3.05) is 6.61 Å². The molecule has 0 aromatic heterocycles. The number of rotatable bonds is 8. The molecule has 5 heteroatoms. The van der Waals surface area contributed by atoms with E-state index in [1.165, 1.54) is 5.56 Å². The van der Waals surface area contributed by atoms with Gasteiger partial charge in [0.25, 0.3) is 5.91 Å². The van der Waals surface area contributed by atoms with Crippen LogP contribution in [-0.2, 0) is 6.42 Å². The molecule has 0 spiro atoms. The number of carbonyl (C=O) groups is 1. The molecule has 3 rings (SSSR count). The second-order valence-electron chi connectivity index (χ2n) is 6.91. The fraction of sp³-hybridized carbons (Fsp3) is 0.200. The lowest BCUT2D eigenvalue weighted by atomic mass is 10.1. The average molecular weight is 419 g/mol. The molecule has 2 N–H and O–H groups in total. The van der Waals surface area contributed by atoms with Gasteiger partial charge in [-0.05, 0) is 48.0 Å². The molecule has 0 saturated carbocycles. The van der Waals surface area contributed by atoms with E-state index in [0.29, 0.717) is 23.0 Å². The van der Waals surface area contributed by atoms with Gasteiger partial charge in [-0.25, -0.2) is 0 Å². The van der Waals surface area contributed by atoms with Crippen molar-refractivity contribution < 1.29 is 9.53 Å². The summed E-state index contributed by atoms with van der Waals surface area (Å²) in [7, 11) is 0. The van der Waals surface area contributed by atoms with Crippen LogP contribution in [0.25, 0.3) is 0 Å². The highest BCUT2D eigenvalue weighted by Gasteiger charge is 2.13. The Kier molecular flexibility index (Phi) is 7.98. The molecule has 154 valence electrons. The van der Waals surface area contributed by atoms with Crippen molar-refractivity contribution in [3.05, 3.63) is 102 Å². The molecule has 0 radical (unpaired) electrons. The molecule has 0 aliphatic carbocycles. The van der Waals surface area contributed by atoms with Gasteiger partial charge >= 0.3 is 0 Å². The Morgan fingerprint density at radius 2 is 1.67 bits per heavy atom. The van der Waals surface area contributed by atoms with Gasteiger partial charge in [0.2, 0.25) is 0 Å². The lowest BCUT2D eigenvalue weighted by Gasteiger charge is -2.19. The molecule has 1 unspecified atom stereocenters. The van der Waals surface area contributed by atoms with Gasteiger partial charge in [0.1, 0.15) is 5.75 Å². The molecular weight excluding hydrogens is 392 g/mol. The van der Waals surface area contributed by atoms with Crippen LogP contribution < -0.4 is 15.4 Å². The minimum atomic E-state index is -0.260. The van der Waals surface area contributed by atoms with Crippen LogP contribution in [0.3, 0.4) is 0 Å². The Morgan fingerprint density at radius 3 is 2.37 bits per heavy atom. The monoisotopic (exact) mass is 418 g/mol. The van der Waals surface area contributed by atoms with E-state index in [1.54, 1.807) is 12.1 Å². The minimum absolute atomic E-state index is 0.0478. The number of amides is 1. The Morgan fingerprint density at radius 1 is 0.967 bits per heavy atom. The van der Waals surface area contributed by atoms with E-state index in [1.807, 2.05) is 60.7 Å². The second kappa shape index (κ2) is 11.1. The van der Waals surface area contributed by atoms with E-state index in [-0.39, 0.29) is 11.9 Å². The normalized spacial score (nSPS) is 11.4. The molecule has 30 heavy (non-hydrogen) atoms. The molecule has 1 amide bonds. The zero-order valence-electron chi connectivity index (χ0n) is 17.0. The maximum Gasteiger partial charge on any atom is 0.257 e. The highest BCUT2D eigenvalue weighted by Crippen LogP contribution is 2.16. The number of carbonyl (C=O) groups excluding carboxylic acids is 1. The van der Waals surface area contributed by atoms with Crippen LogP contribution >= 0.6 is 12.2 Å². The van der Waals surface area contributed by atoms with Gasteiger partial charge in [0.15, 0.2) is 5.11 Å². The number of thiocarbonyl (C=S) groups is 1. The summed E-state index contributed by atoms with van der Waals surface area (Å²) in [6.45, 7) is 2.62. The summed E-state index contributed by atoms with van der Waals surface area (Å²) in [6, 6.07) is 27.4. The smallest absolute Gasteiger partial charge is 0.257 e. The van der Waals surface area contributed by atoms with Crippen LogP contribution in [0.5, 0.6) is 5.75 Å². The first-order valence-corrected chi connectivity index (χ1v) is 10.5. The Hall–Kier alpha value is -3.18. The van der Waals surface area contributed by atoms with Crippen LogP contribution in [0.2, 0.25) is 0 Å². The third-order valence-electron chi connectivity index (χ3n) is 4.74. The van der Waals surface area contributed by atoms with Gasteiger partial charge in [-0.1, -0.05) is 73.7 Å². The number of nitrogens with one attached hydrogen (secondary N) is 2. The topological polar surface area (TPSA) is 50.4 Å². The van der Waals surface area contributed by atoms with Gasteiger partial charge in [-0.3, -0.25) is 10.1 Å². The van der Waals surface area contributed by atoms with E-state index in [2.05, 4.69) is 29.7 Å². The summed E-state index contributed by atoms with van der Waals surface area (Å²) < 4.78 is 5.82. The van der Waals surface area contributed by atoms with Gasteiger partial charge < -0.3 is 10.1 Å². The summed E-state index contributed by atoms with van der Waals surface area (Å²) >= 11 is 5.36. The van der Waals surface area contributed by atoms with Gasteiger partial charge in [0.05, 0.1) is 12.6 Å². The molecular formula is C25H26N2O2S. The van der Waals surface area contributed by atoms with Crippen molar-refractivity contribution in [1.29, 1.82) is 0 Å². The van der Waals surface area contributed by atoms with Crippen LogP contribution in [0.15, 0.2) is 84.9 Å². The first kappa shape index (κ1) is 21.5. The van der Waals surface area contributed by atoms with Crippen molar-refractivity contribution >= 4 is 23.2 Å². The fourth-order valence-corrected chi connectivity index (χ4v) is 3.37. The lowest BCUT2D eigenvalue weighted by molar-refractivity contribution is 0.0976. The van der Waals surface area contributed by atoms with Crippen molar-refractivity contribution in [2.45, 2.75) is 25.8 Å². The summed E-state index contributed by atoms with van der Waals surface area (Å²) in [4.78, 5) is 12.6. The molecule has 4 nitrogen and oxygen atoms in total. The van der Waals surface area contributed by atoms with Crippen molar-refractivity contribution in [3.8, 4) is 5.75 Å². The second-order valence-corrected chi connectivity index (χ2v) is 7.32. The van der Waals surface area contributed by atoms with E-state index in [9.17, 15) is 4.79 Å². The van der Waals surface area contributed by atoms with Gasteiger partial charge in [-0.2, -0.15) is 0 Å². The Labute approximate surface area is 183 Å². The summed E-state index contributed by atoms with van der Waals surface area (Å²) in [6.07, 6.45) is 1.66. The first-order valence-electron chi connectivity index (χ1n) is 10.1. The molecule has 0 saturated heterocycles. The van der Waals surface area contributed by atoms with Crippen molar-refractivity contribution in [2.24, 2.45) is 0 Å². The number of ether oxygens (including phenoxy) is 1. The van der Waals surface area contributed by atoms with E-state index >= 15 is 0 Å². The van der Waals surface area contributed by atoms with Crippen LogP contribution in [-0.4, -0.2) is 17.6 Å². The Balaban J connectivity index is 1.53. The predicted molar refractivity (Wildman–Crippen MR) is 125 cm³/mol. The molecule has 0 fully saturated rings. The minimum Gasteiger partial charge on any atom is -0.493 e. The van der Waals surface area contributed by atoms with Crippen LogP contribution in [0.1, 0.15) is 40.9 Å². The van der Waals surface area contributed by atoms with Gasteiger partial charge in [0, 0.05) is 12.0 Å². The largest absolute Gasteiger partial charge is 0.493 e. The molecule has 0 aliphatic heterocycles. The molecule has 0 heterocycles. The zero-order chi connectivity index (χ0) is 21.2. The lowest BCUT2D eigenvalue weighted by Crippen LogP contribution is -2.40. The zero-order valence-corrected chi connectivity index (χ0v) is 17.8. The fourth-order valence-electron chi connectivity index (χ4n) is 3.13. The van der Waals surface area contributed by atoms with Crippen molar-refractivity contribution in [3.63, 3.8) is 0 Å². The molecule has 0 bridgehead atoms. The van der Waals surface area contributed by atoms with E-state index in [4.69, 9.17) is 17.0 Å². The molecule has 3 aromatic carbocycles. The average Bonchev–Trinajstić information content (AvgIpc) is 2.79. The van der Waals surface area contributed by atoms with Crippen molar-refractivity contribution in [1.82, 2.24) is 10.6 Å². The Bertz CT molecular complexity index is 961. The summed E-state index contributed by atoms with van der Waals surface area (Å²) in [5.41, 5.74) is 2.85. The predicted octanol–water partition coefficient (Wildman–Crippen LogP) is 5.06. The maximum absolute atomic E-state index is 12.6. The SMILES string of the molecule is CCC(NC(=S)NC(=O)c1cccc(OCCc2ccccc2)c1)c1ccccc1. The van der Waals surface area contributed by atoms with Crippen LogP contribution in [0, 0.1) is 0 Å².